The molecule has 0 aliphatic rings. The molecule has 0 unspecified atom stereocenters. The summed E-state index contributed by atoms with van der Waals surface area (Å²) in [5.74, 6) is -1.11. The van der Waals surface area contributed by atoms with Crippen LogP contribution in [0.15, 0.2) is 65.6 Å². The summed E-state index contributed by atoms with van der Waals surface area (Å²) < 4.78 is 73.6. The molecular formula is C21H16ClF3N2O5S. The van der Waals surface area contributed by atoms with Crippen molar-refractivity contribution in [3.8, 4) is 17.2 Å². The normalized spacial score (nSPS) is 11.7. The summed E-state index contributed by atoms with van der Waals surface area (Å²) in [7, 11) is -2.72. The number of methoxy groups -OCH3 is 1. The second-order valence-electron chi connectivity index (χ2n) is 6.63. The van der Waals surface area contributed by atoms with E-state index >= 15 is 0 Å². The van der Waals surface area contributed by atoms with Crippen LogP contribution in [0, 0.1) is 0 Å². The lowest BCUT2D eigenvalue weighted by atomic mass is 10.1. The van der Waals surface area contributed by atoms with Gasteiger partial charge in [0.15, 0.2) is 11.5 Å². The number of primary sulfonamides is 1. The first kappa shape index (κ1) is 24.4. The third-order valence-electron chi connectivity index (χ3n) is 4.32. The number of nitrogens with two attached hydrogens (primary N) is 1. The quantitative estimate of drug-likeness (QED) is 0.492. The molecule has 33 heavy (non-hydrogen) atoms. The number of amides is 1. The molecule has 3 N–H and O–H groups in total. The smallest absolute Gasteiger partial charge is 0.416 e. The van der Waals surface area contributed by atoms with E-state index in [4.69, 9.17) is 26.2 Å². The fourth-order valence-corrected chi connectivity index (χ4v) is 3.49. The topological polar surface area (TPSA) is 108 Å². The number of alkyl halides is 3. The van der Waals surface area contributed by atoms with Gasteiger partial charge in [-0.3, -0.25) is 4.79 Å². The van der Waals surface area contributed by atoms with E-state index < -0.39 is 33.4 Å². The van der Waals surface area contributed by atoms with E-state index in [2.05, 4.69) is 5.32 Å². The molecule has 0 saturated carbocycles. The van der Waals surface area contributed by atoms with Crippen LogP contribution in [0.5, 0.6) is 17.2 Å². The average Bonchev–Trinajstić information content (AvgIpc) is 2.73. The number of halogens is 4. The Balaban J connectivity index is 2.02. The van der Waals surface area contributed by atoms with E-state index in [9.17, 15) is 26.4 Å². The van der Waals surface area contributed by atoms with Crippen LogP contribution < -0.4 is 19.9 Å². The molecule has 7 nitrogen and oxygen atoms in total. The second-order valence-corrected chi connectivity index (χ2v) is 8.63. The summed E-state index contributed by atoms with van der Waals surface area (Å²) >= 11 is 5.90. The summed E-state index contributed by atoms with van der Waals surface area (Å²) in [4.78, 5) is 12.6. The van der Waals surface area contributed by atoms with E-state index in [-0.39, 0.29) is 27.6 Å². The molecule has 0 aliphatic carbocycles. The minimum absolute atomic E-state index is 0.0199. The molecule has 3 aromatic carbocycles. The molecular weight excluding hydrogens is 485 g/mol. The van der Waals surface area contributed by atoms with Gasteiger partial charge in [-0.15, -0.1) is 0 Å². The van der Waals surface area contributed by atoms with Crippen molar-refractivity contribution in [2.45, 2.75) is 11.1 Å². The van der Waals surface area contributed by atoms with Crippen molar-refractivity contribution in [3.05, 3.63) is 76.8 Å². The maximum Gasteiger partial charge on any atom is 0.416 e. The van der Waals surface area contributed by atoms with E-state index in [0.29, 0.717) is 11.1 Å². The minimum atomic E-state index is -4.69. The average molecular weight is 501 g/mol. The summed E-state index contributed by atoms with van der Waals surface area (Å²) in [5, 5.41) is 7.81. The zero-order chi connectivity index (χ0) is 24.4. The largest absolute Gasteiger partial charge is 0.493 e. The number of carbonyl (C=O) groups excluding carboxylic acids is 1. The number of anilines is 1. The first-order valence-corrected chi connectivity index (χ1v) is 11.0. The van der Waals surface area contributed by atoms with Gasteiger partial charge in [0.25, 0.3) is 5.91 Å². The first-order chi connectivity index (χ1) is 15.4. The number of hydrogen-bond donors (Lipinski definition) is 2. The van der Waals surface area contributed by atoms with Crippen LogP contribution in [0.25, 0.3) is 0 Å². The molecule has 0 aliphatic heterocycles. The maximum atomic E-state index is 13.3. The second kappa shape index (κ2) is 9.30. The van der Waals surface area contributed by atoms with Gasteiger partial charge in [0.2, 0.25) is 10.0 Å². The fourth-order valence-electron chi connectivity index (χ4n) is 2.76. The molecule has 0 radical (unpaired) electrons. The van der Waals surface area contributed by atoms with Gasteiger partial charge < -0.3 is 14.8 Å². The number of ether oxygens (including phenoxy) is 2. The SMILES string of the molecule is COc1cc(Cl)ccc1Oc1cc(C(F)(F)F)ccc1C(=O)Nc1cccc(S(N)(=O)=O)c1. The zero-order valence-electron chi connectivity index (χ0n) is 16.8. The number of hydrogen-bond acceptors (Lipinski definition) is 5. The van der Waals surface area contributed by atoms with Gasteiger partial charge in [-0.2, -0.15) is 13.2 Å². The molecule has 1 amide bonds. The highest BCUT2D eigenvalue weighted by Gasteiger charge is 2.32. The van der Waals surface area contributed by atoms with Gasteiger partial charge in [0.1, 0.15) is 5.75 Å². The third kappa shape index (κ3) is 5.95. The van der Waals surface area contributed by atoms with Crippen molar-refractivity contribution in [2.75, 3.05) is 12.4 Å². The van der Waals surface area contributed by atoms with E-state index in [1.165, 1.54) is 43.5 Å². The van der Waals surface area contributed by atoms with Crippen LogP contribution in [-0.2, 0) is 16.2 Å². The first-order valence-electron chi connectivity index (χ1n) is 9.05. The maximum absolute atomic E-state index is 13.3. The highest BCUT2D eigenvalue weighted by Crippen LogP contribution is 2.38. The van der Waals surface area contributed by atoms with Crippen molar-refractivity contribution >= 4 is 33.2 Å². The zero-order valence-corrected chi connectivity index (χ0v) is 18.4. The Morgan fingerprint density at radius 2 is 1.73 bits per heavy atom. The van der Waals surface area contributed by atoms with Crippen molar-refractivity contribution in [1.29, 1.82) is 0 Å². The minimum Gasteiger partial charge on any atom is -0.493 e. The van der Waals surface area contributed by atoms with Crippen LogP contribution >= 0.6 is 11.6 Å². The molecule has 0 bridgehead atoms. The van der Waals surface area contributed by atoms with Crippen LogP contribution in [0.1, 0.15) is 15.9 Å². The molecule has 12 heteroatoms. The summed E-state index contributed by atoms with van der Waals surface area (Å²) in [6.07, 6.45) is -4.69. The lowest BCUT2D eigenvalue weighted by molar-refractivity contribution is -0.137. The standard InChI is InChI=1S/C21H16ClF3N2O5S/c1-31-19-10-13(22)6-8-17(19)32-18-9-12(21(23,24)25)5-7-16(18)20(28)27-14-3-2-4-15(11-14)33(26,29)30/h2-11H,1H3,(H,27,28)(H2,26,29,30). The Bertz CT molecular complexity index is 1310. The number of sulfonamides is 1. The highest BCUT2D eigenvalue weighted by molar-refractivity contribution is 7.89. The van der Waals surface area contributed by atoms with E-state index in [0.717, 1.165) is 18.2 Å². The summed E-state index contributed by atoms with van der Waals surface area (Å²) in [6.45, 7) is 0. The Kier molecular flexibility index (Phi) is 6.86. The van der Waals surface area contributed by atoms with Crippen LogP contribution in [0.3, 0.4) is 0 Å². The van der Waals surface area contributed by atoms with Gasteiger partial charge in [-0.1, -0.05) is 17.7 Å². The van der Waals surface area contributed by atoms with Gasteiger partial charge in [0, 0.05) is 16.8 Å². The molecule has 174 valence electrons. The van der Waals surface area contributed by atoms with Gasteiger partial charge >= 0.3 is 6.18 Å². The van der Waals surface area contributed by atoms with Crippen molar-refractivity contribution < 1.29 is 35.9 Å². The molecule has 0 spiro atoms. The molecule has 3 rings (SSSR count). The van der Waals surface area contributed by atoms with E-state index in [1.54, 1.807) is 0 Å². The van der Waals surface area contributed by atoms with Crippen molar-refractivity contribution in [1.82, 2.24) is 0 Å². The molecule has 0 fully saturated rings. The number of rotatable bonds is 6. The Labute approximate surface area is 191 Å². The predicted octanol–water partition coefficient (Wildman–Crippen LogP) is 5.06. The van der Waals surface area contributed by atoms with E-state index in [1.807, 2.05) is 0 Å². The third-order valence-corrected chi connectivity index (χ3v) is 5.47. The summed E-state index contributed by atoms with van der Waals surface area (Å²) in [6, 6.07) is 11.6. The highest BCUT2D eigenvalue weighted by atomic mass is 35.5. The fraction of sp³-hybridized carbons (Fsp3) is 0.0952. The monoisotopic (exact) mass is 500 g/mol. The lowest BCUT2D eigenvalue weighted by Gasteiger charge is -2.16. The summed E-state index contributed by atoms with van der Waals surface area (Å²) in [5.41, 5.74) is -1.24. The molecule has 0 atom stereocenters. The Morgan fingerprint density at radius 3 is 2.36 bits per heavy atom. The molecule has 0 heterocycles. The van der Waals surface area contributed by atoms with Gasteiger partial charge in [0.05, 0.1) is 23.1 Å². The van der Waals surface area contributed by atoms with Crippen LogP contribution in [0.4, 0.5) is 18.9 Å². The Morgan fingerprint density at radius 1 is 1.00 bits per heavy atom. The Hall–Kier alpha value is -3.28. The van der Waals surface area contributed by atoms with Gasteiger partial charge in [-0.25, -0.2) is 13.6 Å². The van der Waals surface area contributed by atoms with Crippen LogP contribution in [0.2, 0.25) is 5.02 Å². The van der Waals surface area contributed by atoms with Crippen molar-refractivity contribution in [3.63, 3.8) is 0 Å². The lowest BCUT2D eigenvalue weighted by Crippen LogP contribution is -2.16. The number of nitrogens with one attached hydrogen (secondary N) is 1. The molecule has 0 saturated heterocycles. The van der Waals surface area contributed by atoms with Crippen molar-refractivity contribution in [2.24, 2.45) is 5.14 Å². The molecule has 3 aromatic rings. The molecule has 0 aromatic heterocycles. The van der Waals surface area contributed by atoms with Gasteiger partial charge in [-0.05, 0) is 48.5 Å². The number of carbonyl (C=O) groups is 1. The predicted molar refractivity (Wildman–Crippen MR) is 115 cm³/mol. The van der Waals surface area contributed by atoms with Crippen LogP contribution in [-0.4, -0.2) is 21.4 Å². The number of benzene rings is 3.